The number of aromatic nitrogens is 2. The van der Waals surface area contributed by atoms with Gasteiger partial charge in [-0.2, -0.15) is 26.3 Å². The molecule has 0 spiro atoms. The van der Waals surface area contributed by atoms with E-state index in [0.29, 0.717) is 18.8 Å². The number of aromatic amines is 1. The van der Waals surface area contributed by atoms with Gasteiger partial charge >= 0.3 is 24.3 Å². The predicted molar refractivity (Wildman–Crippen MR) is 121 cm³/mol. The van der Waals surface area contributed by atoms with Crippen molar-refractivity contribution in [2.24, 2.45) is 11.7 Å². The number of hydrogen-bond donors (Lipinski definition) is 5. The summed E-state index contributed by atoms with van der Waals surface area (Å²) in [5.41, 5.74) is 7.32. The van der Waals surface area contributed by atoms with E-state index in [0.717, 1.165) is 36.0 Å². The van der Waals surface area contributed by atoms with E-state index in [1.807, 2.05) is 23.4 Å². The van der Waals surface area contributed by atoms with Gasteiger partial charge in [-0.15, -0.1) is 0 Å². The van der Waals surface area contributed by atoms with Crippen molar-refractivity contribution in [3.05, 3.63) is 30.1 Å². The third-order valence-electron chi connectivity index (χ3n) is 5.96. The molecule has 2 amide bonds. The van der Waals surface area contributed by atoms with Gasteiger partial charge in [0.25, 0.3) is 0 Å². The normalized spacial score (nSPS) is 20.0. The number of alkyl halides is 6. The number of amides is 2. The Morgan fingerprint density at radius 3 is 2.15 bits per heavy atom. The number of pyridine rings is 1. The second kappa shape index (κ2) is 12.8. The first-order valence-corrected chi connectivity index (χ1v) is 11.3. The molecule has 2 aromatic rings. The number of carbonyl (C=O) groups excluding carboxylic acids is 2. The summed E-state index contributed by atoms with van der Waals surface area (Å²) in [6, 6.07) is 4.50. The van der Waals surface area contributed by atoms with Crippen molar-refractivity contribution in [1.82, 2.24) is 20.2 Å². The molecule has 11 nitrogen and oxygen atoms in total. The predicted octanol–water partition coefficient (Wildman–Crippen LogP) is 1.83. The molecule has 0 unspecified atom stereocenters. The number of nitrogens with one attached hydrogen (secondary N) is 2. The van der Waals surface area contributed by atoms with Gasteiger partial charge in [0, 0.05) is 42.8 Å². The van der Waals surface area contributed by atoms with Crippen LogP contribution in [0, 0.1) is 5.92 Å². The number of halogens is 6. The molecule has 1 aliphatic carbocycles. The average Bonchev–Trinajstić information content (AvgIpc) is 3.57. The summed E-state index contributed by atoms with van der Waals surface area (Å²) in [5.74, 6) is -5.06. The summed E-state index contributed by atoms with van der Waals surface area (Å²) in [6.07, 6.45) is -3.43. The molecule has 3 atom stereocenters. The Bertz CT molecular complexity index is 1160. The van der Waals surface area contributed by atoms with Crippen LogP contribution in [0.1, 0.15) is 24.8 Å². The van der Waals surface area contributed by atoms with Crippen LogP contribution in [0.2, 0.25) is 0 Å². The standard InChI is InChI=1S/C18H23N5O2.2C2HF3O2/c19-8-16(24)22-15-7-14-6-13(15)10-23(14)17(25)2-1-11-5-12-3-4-20-18(12)21-9-11;2*3-2(4,5)1(6)7/h3-5,9,13-15H,1-2,6-8,10,19H2,(H,20,21)(H,22,24);2*(H,6,7)/t13-,14+,15+;;/m1../s1. The highest BCUT2D eigenvalue weighted by Crippen LogP contribution is 2.38. The van der Waals surface area contributed by atoms with Crippen molar-refractivity contribution in [2.75, 3.05) is 13.1 Å². The number of piperidine rings is 1. The fourth-order valence-electron chi connectivity index (χ4n) is 4.22. The molecule has 17 heteroatoms. The number of nitrogens with two attached hydrogens (primary N) is 1. The van der Waals surface area contributed by atoms with E-state index in [1.54, 1.807) is 0 Å². The van der Waals surface area contributed by atoms with E-state index in [4.69, 9.17) is 25.5 Å². The van der Waals surface area contributed by atoms with Gasteiger partial charge in [-0.25, -0.2) is 14.6 Å². The molecule has 3 heterocycles. The number of hydrogen-bond acceptors (Lipinski definition) is 6. The van der Waals surface area contributed by atoms with Crippen LogP contribution in [-0.4, -0.2) is 86.4 Å². The molecule has 6 N–H and O–H groups in total. The Morgan fingerprint density at radius 1 is 1.08 bits per heavy atom. The first-order chi connectivity index (χ1) is 18.0. The van der Waals surface area contributed by atoms with Crippen LogP contribution >= 0.6 is 0 Å². The highest BCUT2D eigenvalue weighted by Gasteiger charge is 2.46. The Balaban J connectivity index is 0.000000317. The number of carboxylic acids is 2. The molecular weight excluding hydrogens is 544 g/mol. The molecule has 2 bridgehead atoms. The van der Waals surface area contributed by atoms with E-state index in [-0.39, 0.29) is 30.4 Å². The first kappa shape index (κ1) is 31.3. The second-order valence-corrected chi connectivity index (χ2v) is 8.67. The van der Waals surface area contributed by atoms with Crippen LogP contribution in [0.15, 0.2) is 24.5 Å². The Kier molecular flexibility index (Phi) is 10.3. The number of nitrogens with zero attached hydrogens (tertiary/aromatic N) is 2. The molecule has 1 aliphatic heterocycles. The summed E-state index contributed by atoms with van der Waals surface area (Å²) >= 11 is 0. The molecule has 2 fully saturated rings. The SMILES string of the molecule is NCC(=O)N[C@H]1C[C@@H]2C[C@@H]1CN2C(=O)CCc1cnc2[nH]ccc2c1.O=C(O)C(F)(F)F.O=C(O)C(F)(F)F. The fourth-order valence-corrected chi connectivity index (χ4v) is 4.22. The minimum absolute atomic E-state index is 0.0239. The maximum Gasteiger partial charge on any atom is 0.490 e. The zero-order valence-corrected chi connectivity index (χ0v) is 20.1. The fraction of sp³-hybridized carbons (Fsp3) is 0.500. The highest BCUT2D eigenvalue weighted by molar-refractivity contribution is 5.80. The molecule has 0 radical (unpaired) electrons. The number of carbonyl (C=O) groups is 4. The topological polar surface area (TPSA) is 179 Å². The molecule has 4 rings (SSSR count). The lowest BCUT2D eigenvalue weighted by molar-refractivity contribution is -0.193. The van der Waals surface area contributed by atoms with Gasteiger partial charge in [-0.05, 0) is 42.9 Å². The van der Waals surface area contributed by atoms with E-state index >= 15 is 0 Å². The Hall–Kier alpha value is -3.89. The maximum atomic E-state index is 12.6. The lowest BCUT2D eigenvalue weighted by atomic mass is 10.0. The van der Waals surface area contributed by atoms with Crippen LogP contribution in [0.25, 0.3) is 11.0 Å². The summed E-state index contributed by atoms with van der Waals surface area (Å²) in [7, 11) is 0. The van der Waals surface area contributed by atoms with Crippen LogP contribution in [0.4, 0.5) is 26.3 Å². The van der Waals surface area contributed by atoms with Crippen molar-refractivity contribution in [3.63, 3.8) is 0 Å². The number of fused-ring (bicyclic) bond motifs is 3. The van der Waals surface area contributed by atoms with Crippen molar-refractivity contribution in [2.45, 2.75) is 50.1 Å². The molecular formula is C22H25F6N5O6. The number of rotatable bonds is 5. The molecule has 1 saturated heterocycles. The van der Waals surface area contributed by atoms with Crippen LogP contribution in [-0.2, 0) is 25.6 Å². The van der Waals surface area contributed by atoms with Gasteiger partial charge in [0.15, 0.2) is 0 Å². The Morgan fingerprint density at radius 2 is 1.67 bits per heavy atom. The minimum Gasteiger partial charge on any atom is -0.475 e. The number of aryl methyl sites for hydroxylation is 1. The second-order valence-electron chi connectivity index (χ2n) is 8.67. The molecule has 2 aliphatic rings. The third-order valence-corrected chi connectivity index (χ3v) is 5.96. The summed E-state index contributed by atoms with van der Waals surface area (Å²) < 4.78 is 63.5. The van der Waals surface area contributed by atoms with Gasteiger partial charge < -0.3 is 31.1 Å². The van der Waals surface area contributed by atoms with E-state index in [9.17, 15) is 35.9 Å². The van der Waals surface area contributed by atoms with E-state index in [1.165, 1.54) is 0 Å². The van der Waals surface area contributed by atoms with E-state index < -0.39 is 24.3 Å². The monoisotopic (exact) mass is 569 g/mol. The lowest BCUT2D eigenvalue weighted by Crippen LogP contribution is -2.48. The maximum absolute atomic E-state index is 12.6. The lowest BCUT2D eigenvalue weighted by Gasteiger charge is -2.32. The minimum atomic E-state index is -5.08. The van der Waals surface area contributed by atoms with Gasteiger partial charge in [0.1, 0.15) is 5.65 Å². The summed E-state index contributed by atoms with van der Waals surface area (Å²) in [4.78, 5) is 51.3. The number of likely N-dealkylation sites (tertiary alicyclic amines) is 1. The summed E-state index contributed by atoms with van der Waals surface area (Å²) in [5, 5.41) is 18.3. The van der Waals surface area contributed by atoms with Crippen molar-refractivity contribution in [3.8, 4) is 0 Å². The van der Waals surface area contributed by atoms with Crippen molar-refractivity contribution in [1.29, 1.82) is 0 Å². The molecule has 2 aromatic heterocycles. The smallest absolute Gasteiger partial charge is 0.475 e. The Labute approximate surface area is 216 Å². The van der Waals surface area contributed by atoms with E-state index in [2.05, 4.69) is 21.4 Å². The first-order valence-electron chi connectivity index (χ1n) is 11.3. The average molecular weight is 569 g/mol. The summed E-state index contributed by atoms with van der Waals surface area (Å²) in [6.45, 7) is 0.768. The number of carboxylic acid groups (broad SMARTS) is 2. The van der Waals surface area contributed by atoms with Gasteiger partial charge in [0.05, 0.1) is 6.54 Å². The zero-order chi connectivity index (χ0) is 29.5. The number of H-pyrrole nitrogens is 1. The third kappa shape index (κ3) is 9.12. The molecule has 1 saturated carbocycles. The quantitative estimate of drug-likeness (QED) is 0.339. The molecule has 0 aromatic carbocycles. The number of aliphatic carboxylic acids is 2. The largest absolute Gasteiger partial charge is 0.490 e. The molecule has 39 heavy (non-hydrogen) atoms. The van der Waals surface area contributed by atoms with Crippen molar-refractivity contribution < 1.29 is 55.7 Å². The van der Waals surface area contributed by atoms with Gasteiger partial charge in [-0.1, -0.05) is 0 Å². The van der Waals surface area contributed by atoms with Crippen LogP contribution < -0.4 is 11.1 Å². The zero-order valence-electron chi connectivity index (χ0n) is 20.1. The van der Waals surface area contributed by atoms with Gasteiger partial charge in [-0.3, -0.25) is 9.59 Å². The van der Waals surface area contributed by atoms with Gasteiger partial charge in [0.2, 0.25) is 11.8 Å². The molecule has 216 valence electrons. The highest BCUT2D eigenvalue weighted by atomic mass is 19.4. The van der Waals surface area contributed by atoms with Crippen molar-refractivity contribution >= 4 is 34.8 Å². The van der Waals surface area contributed by atoms with Crippen LogP contribution in [0.3, 0.4) is 0 Å². The van der Waals surface area contributed by atoms with Crippen LogP contribution in [0.5, 0.6) is 0 Å².